The molecule has 4 aliphatic carbocycles. The second-order valence-electron chi connectivity index (χ2n) is 9.65. The molecule has 7 heteroatoms. The summed E-state index contributed by atoms with van der Waals surface area (Å²) >= 11 is 1.40. The third-order valence-electron chi connectivity index (χ3n) is 7.18. The Labute approximate surface area is 176 Å². The first-order valence-corrected chi connectivity index (χ1v) is 11.7. The van der Waals surface area contributed by atoms with Gasteiger partial charge in [-0.05, 0) is 97.6 Å². The van der Waals surface area contributed by atoms with Crippen molar-refractivity contribution in [3.8, 4) is 5.69 Å². The van der Waals surface area contributed by atoms with E-state index in [-0.39, 0.29) is 5.91 Å². The van der Waals surface area contributed by atoms with E-state index in [4.69, 9.17) is 0 Å². The zero-order chi connectivity index (χ0) is 20.0. The van der Waals surface area contributed by atoms with Crippen molar-refractivity contribution in [2.75, 3.05) is 12.3 Å². The molecule has 154 valence electrons. The van der Waals surface area contributed by atoms with E-state index in [1.54, 1.807) is 4.68 Å². The average Bonchev–Trinajstić information content (AvgIpc) is 3.12. The van der Waals surface area contributed by atoms with Crippen LogP contribution in [0.25, 0.3) is 5.69 Å². The number of hydrogen-bond acceptors (Lipinski definition) is 5. The van der Waals surface area contributed by atoms with Crippen molar-refractivity contribution in [1.29, 1.82) is 0 Å². The molecule has 4 saturated carbocycles. The number of carbonyl (C=O) groups is 1. The van der Waals surface area contributed by atoms with Crippen LogP contribution >= 0.6 is 11.8 Å². The number of rotatable bonds is 6. The molecule has 4 bridgehead atoms. The quantitative estimate of drug-likeness (QED) is 0.734. The lowest BCUT2D eigenvalue weighted by Crippen LogP contribution is -2.51. The minimum absolute atomic E-state index is 0.0842. The fourth-order valence-corrected chi connectivity index (χ4v) is 7.15. The summed E-state index contributed by atoms with van der Waals surface area (Å²) in [6.07, 6.45) is 8.25. The van der Waals surface area contributed by atoms with E-state index in [2.05, 4.69) is 46.8 Å². The van der Waals surface area contributed by atoms with Crippen molar-refractivity contribution in [3.63, 3.8) is 0 Å². The molecule has 4 fully saturated rings. The van der Waals surface area contributed by atoms with Gasteiger partial charge < -0.3 is 5.32 Å². The number of nitrogens with one attached hydrogen (secondary N) is 1. The van der Waals surface area contributed by atoms with Gasteiger partial charge in [-0.2, -0.15) is 4.68 Å². The van der Waals surface area contributed by atoms with Crippen LogP contribution in [0.15, 0.2) is 23.4 Å². The van der Waals surface area contributed by atoms with Crippen LogP contribution in [0.4, 0.5) is 0 Å². The molecule has 0 aliphatic heterocycles. The Morgan fingerprint density at radius 3 is 2.52 bits per heavy atom. The second-order valence-corrected chi connectivity index (χ2v) is 10.6. The molecular formula is C22H29N5OS. The topological polar surface area (TPSA) is 72.7 Å². The van der Waals surface area contributed by atoms with Gasteiger partial charge in [-0.15, -0.1) is 5.10 Å². The van der Waals surface area contributed by atoms with Crippen molar-refractivity contribution in [2.45, 2.75) is 57.5 Å². The van der Waals surface area contributed by atoms with Crippen molar-refractivity contribution >= 4 is 17.7 Å². The zero-order valence-electron chi connectivity index (χ0n) is 17.2. The number of amides is 1. The minimum atomic E-state index is 0.0842. The molecule has 1 heterocycles. The molecule has 0 spiro atoms. The summed E-state index contributed by atoms with van der Waals surface area (Å²) in [5, 5.41) is 16.0. The van der Waals surface area contributed by atoms with Gasteiger partial charge >= 0.3 is 0 Å². The maximum absolute atomic E-state index is 12.6. The maximum atomic E-state index is 12.6. The Morgan fingerprint density at radius 1 is 1.17 bits per heavy atom. The molecule has 2 aromatic rings. The average molecular weight is 412 g/mol. The largest absolute Gasteiger partial charge is 0.355 e. The van der Waals surface area contributed by atoms with E-state index < -0.39 is 0 Å². The number of carbonyl (C=O) groups excluding carboxylic acids is 1. The monoisotopic (exact) mass is 411 g/mol. The molecule has 1 amide bonds. The summed E-state index contributed by atoms with van der Waals surface area (Å²) in [7, 11) is 0. The third kappa shape index (κ3) is 3.81. The van der Waals surface area contributed by atoms with Gasteiger partial charge in [0.2, 0.25) is 11.1 Å². The summed E-state index contributed by atoms with van der Waals surface area (Å²) in [6.45, 7) is 4.97. The van der Waals surface area contributed by atoms with Crippen LogP contribution in [0.3, 0.4) is 0 Å². The Hall–Kier alpha value is -1.89. The molecule has 4 aliphatic rings. The fraction of sp³-hybridized carbons (Fsp3) is 0.636. The summed E-state index contributed by atoms with van der Waals surface area (Å²) in [6, 6.07) is 6.19. The van der Waals surface area contributed by atoms with E-state index in [0.717, 1.165) is 35.5 Å². The number of tetrazole rings is 1. The number of aromatic nitrogens is 4. The highest BCUT2D eigenvalue weighted by Crippen LogP contribution is 2.59. The normalized spacial score (nSPS) is 29.9. The van der Waals surface area contributed by atoms with Crippen LogP contribution < -0.4 is 5.32 Å². The van der Waals surface area contributed by atoms with Crippen molar-refractivity contribution in [3.05, 3.63) is 29.3 Å². The molecule has 1 aromatic heterocycles. The summed E-state index contributed by atoms with van der Waals surface area (Å²) in [4.78, 5) is 12.6. The predicted octanol–water partition coefficient (Wildman–Crippen LogP) is 3.70. The highest BCUT2D eigenvalue weighted by Gasteiger charge is 2.50. The van der Waals surface area contributed by atoms with Gasteiger partial charge in [0, 0.05) is 6.54 Å². The van der Waals surface area contributed by atoms with Gasteiger partial charge in [0.1, 0.15) is 0 Å². The Bertz CT molecular complexity index is 888. The van der Waals surface area contributed by atoms with Crippen LogP contribution in [-0.2, 0) is 4.79 Å². The van der Waals surface area contributed by atoms with E-state index in [9.17, 15) is 4.79 Å². The Morgan fingerprint density at radius 2 is 1.86 bits per heavy atom. The number of aryl methyl sites for hydroxylation is 2. The van der Waals surface area contributed by atoms with Crippen LogP contribution in [0.1, 0.15) is 49.7 Å². The number of benzene rings is 1. The van der Waals surface area contributed by atoms with E-state index in [1.807, 2.05) is 6.07 Å². The molecule has 0 saturated heterocycles. The Kier molecular flexibility index (Phi) is 4.88. The first kappa shape index (κ1) is 19.1. The number of thioether (sulfide) groups is 1. The molecular weight excluding hydrogens is 382 g/mol. The SMILES string of the molecule is Cc1ccc(-n2nnnc2SCC(=O)NCC23CC4CC(CC(C4)C2)C3)c(C)c1. The van der Waals surface area contributed by atoms with Gasteiger partial charge in [-0.3, -0.25) is 4.79 Å². The minimum Gasteiger partial charge on any atom is -0.355 e. The van der Waals surface area contributed by atoms with Crippen LogP contribution in [-0.4, -0.2) is 38.4 Å². The lowest BCUT2D eigenvalue weighted by atomic mass is 9.49. The number of hydrogen-bond donors (Lipinski definition) is 1. The maximum Gasteiger partial charge on any atom is 0.230 e. The van der Waals surface area contributed by atoms with Crippen molar-refractivity contribution in [2.24, 2.45) is 23.2 Å². The van der Waals surface area contributed by atoms with Crippen LogP contribution in [0.5, 0.6) is 0 Å². The summed E-state index contributed by atoms with van der Waals surface area (Å²) in [5.74, 6) is 3.16. The molecule has 1 aromatic carbocycles. The van der Waals surface area contributed by atoms with Crippen LogP contribution in [0.2, 0.25) is 0 Å². The molecule has 29 heavy (non-hydrogen) atoms. The van der Waals surface area contributed by atoms with E-state index in [1.165, 1.54) is 55.9 Å². The lowest BCUT2D eigenvalue weighted by molar-refractivity contribution is -0.120. The first-order chi connectivity index (χ1) is 14.0. The molecule has 0 radical (unpaired) electrons. The Balaban J connectivity index is 1.19. The predicted molar refractivity (Wildman–Crippen MR) is 113 cm³/mol. The molecule has 1 N–H and O–H groups in total. The first-order valence-electron chi connectivity index (χ1n) is 10.8. The highest BCUT2D eigenvalue weighted by atomic mass is 32.2. The highest BCUT2D eigenvalue weighted by molar-refractivity contribution is 7.99. The van der Waals surface area contributed by atoms with E-state index in [0.29, 0.717) is 16.3 Å². The smallest absolute Gasteiger partial charge is 0.230 e. The van der Waals surface area contributed by atoms with Gasteiger partial charge in [-0.25, -0.2) is 0 Å². The van der Waals surface area contributed by atoms with E-state index >= 15 is 0 Å². The summed E-state index contributed by atoms with van der Waals surface area (Å²) in [5.41, 5.74) is 3.65. The van der Waals surface area contributed by atoms with Crippen molar-refractivity contribution < 1.29 is 4.79 Å². The van der Waals surface area contributed by atoms with Crippen LogP contribution in [0, 0.1) is 37.0 Å². The van der Waals surface area contributed by atoms with Gasteiger partial charge in [0.25, 0.3) is 0 Å². The van der Waals surface area contributed by atoms with Gasteiger partial charge in [0.15, 0.2) is 0 Å². The zero-order valence-corrected chi connectivity index (χ0v) is 18.0. The standard InChI is InChI=1S/C22H29N5OS/c1-14-3-4-19(15(2)5-14)27-21(24-25-26-27)29-12-20(28)23-13-22-9-16-6-17(10-22)8-18(7-16)11-22/h3-5,16-18H,6-13H2,1-2H3,(H,23,28). The fourth-order valence-electron chi connectivity index (χ4n) is 6.44. The summed E-state index contributed by atoms with van der Waals surface area (Å²) < 4.78 is 1.73. The lowest BCUT2D eigenvalue weighted by Gasteiger charge is -2.56. The third-order valence-corrected chi connectivity index (χ3v) is 8.10. The van der Waals surface area contributed by atoms with Gasteiger partial charge in [-0.1, -0.05) is 29.5 Å². The molecule has 6 rings (SSSR count). The number of nitrogens with zero attached hydrogens (tertiary/aromatic N) is 4. The van der Waals surface area contributed by atoms with Crippen molar-refractivity contribution in [1.82, 2.24) is 25.5 Å². The molecule has 6 nitrogen and oxygen atoms in total. The second kappa shape index (κ2) is 7.42. The molecule has 0 unspecified atom stereocenters. The van der Waals surface area contributed by atoms with Gasteiger partial charge in [0.05, 0.1) is 11.4 Å². The molecule has 0 atom stereocenters.